The second-order valence-electron chi connectivity index (χ2n) is 15.5. The van der Waals surface area contributed by atoms with Crippen molar-refractivity contribution in [1.82, 2.24) is 0 Å². The Morgan fingerprint density at radius 2 is 0.737 bits per heavy atom. The molecule has 0 fully saturated rings. The Labute approximate surface area is 335 Å². The molecule has 0 spiro atoms. The van der Waals surface area contributed by atoms with Crippen LogP contribution in [0.2, 0.25) is 0 Å². The second kappa shape index (κ2) is 14.2. The van der Waals surface area contributed by atoms with Gasteiger partial charge in [-0.1, -0.05) is 153 Å². The number of anilines is 6. The van der Waals surface area contributed by atoms with Crippen molar-refractivity contribution in [2.24, 2.45) is 0 Å². The molecule has 0 N–H and O–H groups in total. The van der Waals surface area contributed by atoms with Crippen LogP contribution in [-0.2, 0) is 5.41 Å². The Kier molecular flexibility index (Phi) is 8.53. The fourth-order valence-corrected chi connectivity index (χ4v) is 8.71. The molecule has 0 heterocycles. The fourth-order valence-electron chi connectivity index (χ4n) is 8.71. The highest BCUT2D eigenvalue weighted by atomic mass is 15.2. The van der Waals surface area contributed by atoms with Crippen LogP contribution >= 0.6 is 0 Å². The van der Waals surface area contributed by atoms with Crippen molar-refractivity contribution < 1.29 is 0 Å². The topological polar surface area (TPSA) is 6.48 Å². The summed E-state index contributed by atoms with van der Waals surface area (Å²) in [5, 5.41) is 2.43. The van der Waals surface area contributed by atoms with E-state index in [1.54, 1.807) is 0 Å². The van der Waals surface area contributed by atoms with Crippen LogP contribution in [0.4, 0.5) is 34.1 Å². The zero-order chi connectivity index (χ0) is 38.3. The SMILES string of the molecule is CC1(C)c2ccccc2-c2ccc(N(c3ccccc3)c3cc(-c4ccc5cc(-c6ccccc6)ccc5c4)cc(N(c4ccccc4)c4ccccc4)c3)cc21. The van der Waals surface area contributed by atoms with Gasteiger partial charge in [-0.05, 0) is 134 Å². The Balaban J connectivity index is 1.18. The van der Waals surface area contributed by atoms with Crippen LogP contribution in [0.15, 0.2) is 218 Å². The van der Waals surface area contributed by atoms with Crippen LogP contribution < -0.4 is 9.80 Å². The highest BCUT2D eigenvalue weighted by Gasteiger charge is 2.35. The van der Waals surface area contributed by atoms with Crippen LogP contribution in [0.1, 0.15) is 25.0 Å². The minimum absolute atomic E-state index is 0.125. The Morgan fingerprint density at radius 1 is 0.281 bits per heavy atom. The summed E-state index contributed by atoms with van der Waals surface area (Å²) in [5.41, 5.74) is 16.6. The van der Waals surface area contributed by atoms with Crippen LogP contribution in [0.5, 0.6) is 0 Å². The predicted molar refractivity (Wildman–Crippen MR) is 242 cm³/mol. The monoisotopic (exact) mass is 730 g/mol. The maximum atomic E-state index is 2.42. The third kappa shape index (κ3) is 6.26. The molecule has 10 rings (SSSR count). The smallest absolute Gasteiger partial charge is 0.0488 e. The van der Waals surface area contributed by atoms with Gasteiger partial charge in [-0.2, -0.15) is 0 Å². The summed E-state index contributed by atoms with van der Waals surface area (Å²) in [6, 6.07) is 79.4. The third-order valence-corrected chi connectivity index (χ3v) is 11.6. The van der Waals surface area contributed by atoms with E-state index in [1.807, 2.05) is 0 Å². The molecule has 0 bridgehead atoms. The van der Waals surface area contributed by atoms with Gasteiger partial charge in [0.15, 0.2) is 0 Å². The Bertz CT molecular complexity index is 2820. The van der Waals surface area contributed by atoms with Gasteiger partial charge in [0.2, 0.25) is 0 Å². The summed E-state index contributed by atoms with van der Waals surface area (Å²) >= 11 is 0. The van der Waals surface area contributed by atoms with Crippen LogP contribution in [0.25, 0.3) is 44.2 Å². The van der Waals surface area contributed by atoms with Gasteiger partial charge in [-0.25, -0.2) is 0 Å². The number of hydrogen-bond donors (Lipinski definition) is 0. The van der Waals surface area contributed by atoms with E-state index in [9.17, 15) is 0 Å². The summed E-state index contributed by atoms with van der Waals surface area (Å²) in [7, 11) is 0. The molecule has 0 saturated carbocycles. The number of nitrogens with zero attached hydrogens (tertiary/aromatic N) is 2. The van der Waals surface area contributed by atoms with Crippen molar-refractivity contribution in [2.75, 3.05) is 9.80 Å². The molecule has 1 aliphatic rings. The van der Waals surface area contributed by atoms with Gasteiger partial charge in [0, 0.05) is 39.5 Å². The van der Waals surface area contributed by atoms with Crippen LogP contribution in [0.3, 0.4) is 0 Å². The highest BCUT2D eigenvalue weighted by molar-refractivity contribution is 5.94. The largest absolute Gasteiger partial charge is 0.310 e. The molecular formula is C55H42N2. The van der Waals surface area contributed by atoms with E-state index in [0.717, 1.165) is 45.3 Å². The first-order valence-corrected chi connectivity index (χ1v) is 19.8. The van der Waals surface area contributed by atoms with Crippen molar-refractivity contribution in [1.29, 1.82) is 0 Å². The quantitative estimate of drug-likeness (QED) is 0.154. The van der Waals surface area contributed by atoms with Gasteiger partial charge in [0.05, 0.1) is 0 Å². The van der Waals surface area contributed by atoms with E-state index >= 15 is 0 Å². The molecule has 9 aromatic rings. The van der Waals surface area contributed by atoms with E-state index in [0.29, 0.717) is 0 Å². The third-order valence-electron chi connectivity index (χ3n) is 11.6. The highest BCUT2D eigenvalue weighted by Crippen LogP contribution is 2.51. The van der Waals surface area contributed by atoms with E-state index in [-0.39, 0.29) is 5.41 Å². The predicted octanol–water partition coefficient (Wildman–Crippen LogP) is 15.4. The summed E-state index contributed by atoms with van der Waals surface area (Å²) in [6.07, 6.45) is 0. The van der Waals surface area contributed by atoms with E-state index < -0.39 is 0 Å². The summed E-state index contributed by atoms with van der Waals surface area (Å²) in [5.74, 6) is 0. The van der Waals surface area contributed by atoms with Crippen LogP contribution in [-0.4, -0.2) is 0 Å². The van der Waals surface area contributed by atoms with Gasteiger partial charge in [-0.3, -0.25) is 0 Å². The van der Waals surface area contributed by atoms with Crippen LogP contribution in [0, 0.1) is 0 Å². The minimum atomic E-state index is -0.125. The first-order valence-electron chi connectivity index (χ1n) is 19.8. The number of benzene rings is 9. The molecule has 2 heteroatoms. The molecule has 0 aliphatic heterocycles. The molecule has 0 saturated heterocycles. The summed E-state index contributed by atoms with van der Waals surface area (Å²) in [4.78, 5) is 4.79. The van der Waals surface area contributed by atoms with Crippen molar-refractivity contribution in [3.05, 3.63) is 230 Å². The summed E-state index contributed by atoms with van der Waals surface area (Å²) < 4.78 is 0. The summed E-state index contributed by atoms with van der Waals surface area (Å²) in [6.45, 7) is 4.71. The lowest BCUT2D eigenvalue weighted by atomic mass is 9.82. The van der Waals surface area contributed by atoms with E-state index in [4.69, 9.17) is 0 Å². The van der Waals surface area contributed by atoms with Crippen molar-refractivity contribution in [3.8, 4) is 33.4 Å². The lowest BCUT2D eigenvalue weighted by molar-refractivity contribution is 0.660. The number of rotatable bonds is 8. The first kappa shape index (κ1) is 34.3. The molecule has 1 aliphatic carbocycles. The lowest BCUT2D eigenvalue weighted by Crippen LogP contribution is -2.17. The standard InChI is InChI=1S/C55H42N2/c1-55(2)53-26-16-15-25-51(53)52-32-31-48(38-54(52)55)57(47-23-13-6-14-24-47)50-36-44(35-49(37-50)56(45-19-9-4-10-20-45)46-21-11-5-12-22-46)43-30-29-41-33-40(27-28-42(41)34-43)39-17-7-3-8-18-39/h3-38H,1-2H3. The second-order valence-corrected chi connectivity index (χ2v) is 15.5. The zero-order valence-corrected chi connectivity index (χ0v) is 32.2. The van der Waals surface area contributed by atoms with Gasteiger partial charge in [0.25, 0.3) is 0 Å². The van der Waals surface area contributed by atoms with E-state index in [2.05, 4.69) is 242 Å². The molecule has 0 atom stereocenters. The van der Waals surface area contributed by atoms with Crippen molar-refractivity contribution in [3.63, 3.8) is 0 Å². The molecule has 0 unspecified atom stereocenters. The molecule has 0 radical (unpaired) electrons. The Hall–Kier alpha value is -7.16. The average Bonchev–Trinajstić information content (AvgIpc) is 3.50. The molecular weight excluding hydrogens is 689 g/mol. The fraction of sp³-hybridized carbons (Fsp3) is 0.0545. The normalized spacial score (nSPS) is 12.5. The van der Waals surface area contributed by atoms with E-state index in [1.165, 1.54) is 44.2 Å². The number of fused-ring (bicyclic) bond motifs is 4. The molecule has 0 aromatic heterocycles. The molecule has 272 valence electrons. The molecule has 2 nitrogen and oxygen atoms in total. The average molecular weight is 731 g/mol. The van der Waals surface area contributed by atoms with Gasteiger partial charge < -0.3 is 9.80 Å². The van der Waals surface area contributed by atoms with Gasteiger partial charge in [-0.15, -0.1) is 0 Å². The number of para-hydroxylation sites is 3. The Morgan fingerprint density at radius 3 is 1.30 bits per heavy atom. The minimum Gasteiger partial charge on any atom is -0.310 e. The van der Waals surface area contributed by atoms with Gasteiger partial charge >= 0.3 is 0 Å². The molecule has 9 aromatic carbocycles. The maximum absolute atomic E-state index is 2.42. The molecule has 57 heavy (non-hydrogen) atoms. The van der Waals surface area contributed by atoms with Crippen molar-refractivity contribution >= 4 is 44.9 Å². The first-order chi connectivity index (χ1) is 28.0. The lowest BCUT2D eigenvalue weighted by Gasteiger charge is -2.31. The van der Waals surface area contributed by atoms with Gasteiger partial charge in [0.1, 0.15) is 0 Å². The maximum Gasteiger partial charge on any atom is 0.0488 e. The number of hydrogen-bond acceptors (Lipinski definition) is 2. The van der Waals surface area contributed by atoms with Crippen molar-refractivity contribution in [2.45, 2.75) is 19.3 Å². The molecule has 0 amide bonds. The zero-order valence-electron chi connectivity index (χ0n) is 32.2.